The molecule has 194 valence electrons. The maximum absolute atomic E-state index is 14.0. The van der Waals surface area contributed by atoms with Gasteiger partial charge < -0.3 is 10.0 Å². The number of nitro benzene ring substituents is 1. The summed E-state index contributed by atoms with van der Waals surface area (Å²) in [7, 11) is 0. The number of rotatable bonds is 8. The number of hydrogen-bond acceptors (Lipinski definition) is 6. The highest BCUT2D eigenvalue weighted by molar-refractivity contribution is 6.30. The van der Waals surface area contributed by atoms with Crippen LogP contribution in [0.5, 0.6) is 0 Å². The second-order valence-corrected chi connectivity index (χ2v) is 9.90. The zero-order valence-electron chi connectivity index (χ0n) is 19.9. The van der Waals surface area contributed by atoms with Crippen molar-refractivity contribution in [2.45, 2.75) is 31.4 Å². The minimum atomic E-state index is -1.31. The summed E-state index contributed by atoms with van der Waals surface area (Å²) < 4.78 is 0. The van der Waals surface area contributed by atoms with Gasteiger partial charge >= 0.3 is 0 Å². The zero-order chi connectivity index (χ0) is 26.5. The summed E-state index contributed by atoms with van der Waals surface area (Å²) >= 11 is 12.1. The number of halogens is 2. The average Bonchev–Trinajstić information content (AvgIpc) is 2.92. The van der Waals surface area contributed by atoms with Gasteiger partial charge in [-0.1, -0.05) is 47.5 Å². The van der Waals surface area contributed by atoms with Crippen LogP contribution in [0.1, 0.15) is 42.5 Å². The van der Waals surface area contributed by atoms with Crippen LogP contribution in [0.3, 0.4) is 0 Å². The molecule has 0 aliphatic carbocycles. The van der Waals surface area contributed by atoms with Crippen molar-refractivity contribution in [3.8, 4) is 0 Å². The lowest BCUT2D eigenvalue weighted by Gasteiger charge is -2.39. The molecule has 2 N–H and O–H groups in total. The number of piperidine rings is 1. The second-order valence-electron chi connectivity index (χ2n) is 9.02. The van der Waals surface area contributed by atoms with Gasteiger partial charge in [-0.05, 0) is 66.8 Å². The molecule has 3 aromatic rings. The number of carbonyl (C=O) groups excluding carboxylic acids is 1. The minimum absolute atomic E-state index is 0.129. The van der Waals surface area contributed by atoms with Gasteiger partial charge in [0, 0.05) is 35.3 Å². The molecule has 1 saturated heterocycles. The Hall–Kier alpha value is -3.17. The summed E-state index contributed by atoms with van der Waals surface area (Å²) in [5.41, 5.74) is 1.09. The summed E-state index contributed by atoms with van der Waals surface area (Å²) in [6.45, 7) is 1.09. The van der Waals surface area contributed by atoms with Crippen molar-refractivity contribution < 1.29 is 20.0 Å². The summed E-state index contributed by atoms with van der Waals surface area (Å²) in [5.74, 6) is -1.47. The molecule has 0 spiro atoms. The van der Waals surface area contributed by atoms with E-state index in [9.17, 15) is 25.2 Å². The second kappa shape index (κ2) is 11.9. The molecule has 1 aliphatic rings. The van der Waals surface area contributed by atoms with Crippen LogP contribution in [0.2, 0.25) is 10.0 Å². The molecule has 3 aromatic carbocycles. The SMILES string of the molecule is O=C([C@@H]([C@@H](O)c1ccc(Cl)cc1)[C@H](c1ccc([N+](=O)[O-])cc1)N(O)c1ccc(Cl)cc1)N1CCCCC1. The van der Waals surface area contributed by atoms with Crippen molar-refractivity contribution in [3.63, 3.8) is 0 Å². The van der Waals surface area contributed by atoms with Crippen LogP contribution in [-0.2, 0) is 4.79 Å². The number of non-ortho nitro benzene ring substituents is 1. The van der Waals surface area contributed by atoms with Gasteiger partial charge in [0.05, 0.1) is 28.7 Å². The van der Waals surface area contributed by atoms with Crippen molar-refractivity contribution in [2.24, 2.45) is 5.92 Å². The molecule has 4 rings (SSSR count). The summed E-state index contributed by atoms with van der Waals surface area (Å²) in [6.07, 6.45) is 1.39. The van der Waals surface area contributed by atoms with Crippen LogP contribution in [0, 0.1) is 16.0 Å². The highest BCUT2D eigenvalue weighted by Gasteiger charge is 2.42. The summed E-state index contributed by atoms with van der Waals surface area (Å²) in [5, 5.41) is 36.3. The van der Waals surface area contributed by atoms with E-state index in [2.05, 4.69) is 0 Å². The van der Waals surface area contributed by atoms with Crippen LogP contribution in [-0.4, -0.2) is 39.1 Å². The van der Waals surface area contributed by atoms with Crippen LogP contribution in [0.4, 0.5) is 11.4 Å². The Morgan fingerprint density at radius 3 is 1.92 bits per heavy atom. The van der Waals surface area contributed by atoms with Crippen molar-refractivity contribution in [1.82, 2.24) is 4.90 Å². The molecular formula is C27H27Cl2N3O5. The number of nitrogens with zero attached hydrogens (tertiary/aromatic N) is 3. The maximum Gasteiger partial charge on any atom is 0.269 e. The molecular weight excluding hydrogens is 517 g/mol. The average molecular weight is 544 g/mol. The smallest absolute Gasteiger partial charge is 0.269 e. The van der Waals surface area contributed by atoms with E-state index in [0.717, 1.165) is 24.3 Å². The lowest BCUT2D eigenvalue weighted by molar-refractivity contribution is -0.384. The van der Waals surface area contributed by atoms with Crippen molar-refractivity contribution in [2.75, 3.05) is 18.2 Å². The van der Waals surface area contributed by atoms with E-state index in [0.29, 0.717) is 39.9 Å². The van der Waals surface area contributed by atoms with Gasteiger partial charge in [0.1, 0.15) is 0 Å². The van der Waals surface area contributed by atoms with Gasteiger partial charge in [-0.25, -0.2) is 5.06 Å². The van der Waals surface area contributed by atoms with Crippen molar-refractivity contribution in [1.29, 1.82) is 0 Å². The molecule has 0 unspecified atom stereocenters. The maximum atomic E-state index is 14.0. The predicted molar refractivity (Wildman–Crippen MR) is 142 cm³/mol. The molecule has 1 aliphatic heterocycles. The van der Waals surface area contributed by atoms with E-state index in [1.54, 1.807) is 53.4 Å². The number of hydroxylamine groups is 1. The van der Waals surface area contributed by atoms with Crippen molar-refractivity contribution >= 4 is 40.5 Å². The van der Waals surface area contributed by atoms with Crippen molar-refractivity contribution in [3.05, 3.63) is 104 Å². The van der Waals surface area contributed by atoms with Gasteiger partial charge in [0.15, 0.2) is 0 Å². The Balaban J connectivity index is 1.84. The molecule has 1 fully saturated rings. The number of carbonyl (C=O) groups is 1. The molecule has 1 amide bonds. The molecule has 0 saturated carbocycles. The predicted octanol–water partition coefficient (Wildman–Crippen LogP) is 6.20. The largest absolute Gasteiger partial charge is 0.387 e. The highest BCUT2D eigenvalue weighted by Crippen LogP contribution is 2.41. The third-order valence-corrected chi connectivity index (χ3v) is 7.15. The first-order chi connectivity index (χ1) is 17.8. The Labute approximate surface area is 224 Å². The number of benzene rings is 3. The summed E-state index contributed by atoms with van der Waals surface area (Å²) in [4.78, 5) is 26.5. The number of aliphatic hydroxyl groups excluding tert-OH is 1. The third kappa shape index (κ3) is 6.22. The number of nitro groups is 1. The first-order valence-electron chi connectivity index (χ1n) is 12.0. The first-order valence-corrected chi connectivity index (χ1v) is 12.7. The monoisotopic (exact) mass is 543 g/mol. The van der Waals surface area contributed by atoms with Crippen LogP contribution < -0.4 is 5.06 Å². The first kappa shape index (κ1) is 26.9. The summed E-state index contributed by atoms with van der Waals surface area (Å²) in [6, 6.07) is 17.5. The Kier molecular flexibility index (Phi) is 8.66. The van der Waals surface area contributed by atoms with E-state index in [1.165, 1.54) is 24.3 Å². The normalized spacial score (nSPS) is 16.1. The third-order valence-electron chi connectivity index (χ3n) is 6.64. The number of likely N-dealkylation sites (tertiary alicyclic amines) is 1. The lowest BCUT2D eigenvalue weighted by Crippen LogP contribution is -2.47. The topological polar surface area (TPSA) is 107 Å². The molecule has 0 radical (unpaired) electrons. The number of anilines is 1. The standard InChI is InChI=1S/C27H27Cl2N3O5/c28-20-8-4-19(5-9-20)26(33)24(27(34)30-16-2-1-3-17-30)25(18-6-12-23(13-7-18)32(36)37)31(35)22-14-10-21(29)11-15-22/h4-15,24-26,33,35H,1-3,16-17H2/t24-,25+,26+/m1/s1. The van der Waals surface area contributed by atoms with Gasteiger partial charge in [-0.15, -0.1) is 0 Å². The van der Waals surface area contributed by atoms with Crippen LogP contribution in [0.25, 0.3) is 0 Å². The van der Waals surface area contributed by atoms with Crippen LogP contribution in [0.15, 0.2) is 72.8 Å². The van der Waals surface area contributed by atoms with E-state index < -0.39 is 23.0 Å². The molecule has 1 heterocycles. The Morgan fingerprint density at radius 1 is 0.865 bits per heavy atom. The molecule has 0 aromatic heterocycles. The fourth-order valence-corrected chi connectivity index (χ4v) is 4.94. The number of aliphatic hydroxyl groups is 1. The number of amides is 1. The van der Waals surface area contributed by atoms with Gasteiger partial charge in [0.25, 0.3) is 5.69 Å². The fraction of sp³-hybridized carbons (Fsp3) is 0.296. The molecule has 8 nitrogen and oxygen atoms in total. The fourth-order valence-electron chi connectivity index (χ4n) is 4.68. The molecule has 0 bridgehead atoms. The molecule has 3 atom stereocenters. The molecule has 10 heteroatoms. The van der Waals surface area contributed by atoms with E-state index in [-0.39, 0.29) is 11.6 Å². The van der Waals surface area contributed by atoms with E-state index >= 15 is 0 Å². The van der Waals surface area contributed by atoms with Crippen LogP contribution >= 0.6 is 23.2 Å². The number of hydrogen-bond donors (Lipinski definition) is 2. The van der Waals surface area contributed by atoms with E-state index in [4.69, 9.17) is 23.2 Å². The lowest BCUT2D eigenvalue weighted by atomic mass is 9.83. The Morgan fingerprint density at radius 2 is 1.38 bits per heavy atom. The Bertz CT molecular complexity index is 1220. The minimum Gasteiger partial charge on any atom is -0.387 e. The quantitative estimate of drug-likeness (QED) is 0.258. The highest BCUT2D eigenvalue weighted by atomic mass is 35.5. The van der Waals surface area contributed by atoms with E-state index in [1.807, 2.05) is 0 Å². The van der Waals surface area contributed by atoms with Gasteiger partial charge in [-0.2, -0.15) is 0 Å². The zero-order valence-corrected chi connectivity index (χ0v) is 21.4. The van der Waals surface area contributed by atoms with Gasteiger partial charge in [-0.3, -0.25) is 20.1 Å². The van der Waals surface area contributed by atoms with Gasteiger partial charge in [0.2, 0.25) is 5.91 Å². The molecule has 37 heavy (non-hydrogen) atoms.